The molecule has 1 unspecified atom stereocenters. The molecule has 4 nitrogen and oxygen atoms in total. The van der Waals surface area contributed by atoms with E-state index in [-0.39, 0.29) is 6.04 Å². The molecule has 0 bridgehead atoms. The summed E-state index contributed by atoms with van der Waals surface area (Å²) in [5.74, 6) is 5.28. The van der Waals surface area contributed by atoms with Crippen molar-refractivity contribution in [3.63, 3.8) is 0 Å². The Morgan fingerprint density at radius 2 is 2.70 bits per heavy atom. The van der Waals surface area contributed by atoms with E-state index in [9.17, 15) is 0 Å². The summed E-state index contributed by atoms with van der Waals surface area (Å²) in [5.41, 5.74) is 2.68. The molecule has 0 aromatic carbocycles. The first-order valence-corrected chi connectivity index (χ1v) is 3.89. The first-order chi connectivity index (χ1) is 4.88. The molecule has 5 heteroatoms. The standard InChI is InChI=1S/C5H10N4S/c1-2-4(8-6)5-3-7-9-10-5/h3-4,8H,2,6H2,1H3. The Hall–Kier alpha value is -0.520. The molecule has 0 aliphatic heterocycles. The van der Waals surface area contributed by atoms with Gasteiger partial charge in [-0.3, -0.25) is 11.3 Å². The van der Waals surface area contributed by atoms with Gasteiger partial charge in [-0.1, -0.05) is 11.4 Å². The third-order valence-electron chi connectivity index (χ3n) is 1.33. The highest BCUT2D eigenvalue weighted by Gasteiger charge is 2.07. The van der Waals surface area contributed by atoms with Crippen LogP contribution >= 0.6 is 11.5 Å². The number of hydrazine groups is 1. The minimum atomic E-state index is 0.208. The number of nitrogens with zero attached hydrogens (tertiary/aromatic N) is 2. The first kappa shape index (κ1) is 7.59. The van der Waals surface area contributed by atoms with Crippen LogP contribution in [0.4, 0.5) is 0 Å². The molecule has 1 heterocycles. The number of aromatic nitrogens is 2. The van der Waals surface area contributed by atoms with Crippen molar-refractivity contribution in [2.24, 2.45) is 5.84 Å². The molecule has 0 saturated carbocycles. The maximum absolute atomic E-state index is 5.28. The van der Waals surface area contributed by atoms with Crippen molar-refractivity contribution in [3.8, 4) is 0 Å². The monoisotopic (exact) mass is 158 g/mol. The normalized spacial score (nSPS) is 13.4. The van der Waals surface area contributed by atoms with Gasteiger partial charge in [-0.25, -0.2) is 0 Å². The Morgan fingerprint density at radius 1 is 1.90 bits per heavy atom. The van der Waals surface area contributed by atoms with Gasteiger partial charge in [-0.2, -0.15) is 0 Å². The van der Waals surface area contributed by atoms with E-state index in [1.165, 1.54) is 11.5 Å². The second-order valence-corrected chi connectivity index (χ2v) is 2.76. The van der Waals surface area contributed by atoms with Crippen molar-refractivity contribution in [3.05, 3.63) is 11.1 Å². The van der Waals surface area contributed by atoms with Gasteiger partial charge in [0, 0.05) is 0 Å². The Morgan fingerprint density at radius 3 is 3.10 bits per heavy atom. The van der Waals surface area contributed by atoms with E-state index in [0.717, 1.165) is 11.3 Å². The van der Waals surface area contributed by atoms with Gasteiger partial charge in [-0.15, -0.1) is 5.10 Å². The fraction of sp³-hybridized carbons (Fsp3) is 0.600. The van der Waals surface area contributed by atoms with Crippen molar-refractivity contribution in [2.75, 3.05) is 0 Å². The molecule has 1 rings (SSSR count). The van der Waals surface area contributed by atoms with Crippen LogP contribution in [0.1, 0.15) is 24.3 Å². The summed E-state index contributed by atoms with van der Waals surface area (Å²) in [7, 11) is 0. The van der Waals surface area contributed by atoms with Gasteiger partial charge in [0.05, 0.1) is 17.1 Å². The highest BCUT2D eigenvalue weighted by atomic mass is 32.1. The summed E-state index contributed by atoms with van der Waals surface area (Å²) < 4.78 is 3.74. The highest BCUT2D eigenvalue weighted by Crippen LogP contribution is 2.16. The van der Waals surface area contributed by atoms with E-state index >= 15 is 0 Å². The van der Waals surface area contributed by atoms with Crippen LogP contribution in [0.25, 0.3) is 0 Å². The molecule has 56 valence electrons. The summed E-state index contributed by atoms with van der Waals surface area (Å²) in [6.07, 6.45) is 2.69. The van der Waals surface area contributed by atoms with Crippen LogP contribution in [0.15, 0.2) is 6.20 Å². The molecule has 0 aliphatic carbocycles. The molecular weight excluding hydrogens is 148 g/mol. The summed E-state index contributed by atoms with van der Waals surface area (Å²) in [5, 5.41) is 3.71. The molecule has 0 saturated heterocycles. The quantitative estimate of drug-likeness (QED) is 0.495. The number of rotatable bonds is 3. The van der Waals surface area contributed by atoms with Gasteiger partial charge in [0.15, 0.2) is 0 Å². The summed E-state index contributed by atoms with van der Waals surface area (Å²) in [6, 6.07) is 0.208. The van der Waals surface area contributed by atoms with Crippen molar-refractivity contribution < 1.29 is 0 Å². The lowest BCUT2D eigenvalue weighted by Crippen LogP contribution is -2.26. The van der Waals surface area contributed by atoms with Crippen LogP contribution in [-0.4, -0.2) is 9.59 Å². The lowest BCUT2D eigenvalue weighted by atomic mass is 10.2. The maximum Gasteiger partial charge on any atom is 0.0669 e. The first-order valence-electron chi connectivity index (χ1n) is 3.11. The van der Waals surface area contributed by atoms with Crippen LogP contribution < -0.4 is 11.3 Å². The van der Waals surface area contributed by atoms with Crippen molar-refractivity contribution >= 4 is 11.5 Å². The van der Waals surface area contributed by atoms with E-state index in [2.05, 4.69) is 21.9 Å². The molecular formula is C5H10N4S. The number of hydrogen-bond donors (Lipinski definition) is 2. The molecule has 1 atom stereocenters. The van der Waals surface area contributed by atoms with E-state index in [4.69, 9.17) is 5.84 Å². The molecule has 0 spiro atoms. The highest BCUT2D eigenvalue weighted by molar-refractivity contribution is 7.05. The predicted molar refractivity (Wildman–Crippen MR) is 40.3 cm³/mol. The van der Waals surface area contributed by atoms with Gasteiger partial charge in [0.2, 0.25) is 0 Å². The third kappa shape index (κ3) is 1.50. The van der Waals surface area contributed by atoms with Crippen molar-refractivity contribution in [2.45, 2.75) is 19.4 Å². The van der Waals surface area contributed by atoms with Gasteiger partial charge < -0.3 is 0 Å². The Kier molecular flexibility index (Phi) is 2.73. The largest absolute Gasteiger partial charge is 0.271 e. The summed E-state index contributed by atoms with van der Waals surface area (Å²) in [4.78, 5) is 1.09. The van der Waals surface area contributed by atoms with Crippen molar-refractivity contribution in [1.29, 1.82) is 0 Å². The van der Waals surface area contributed by atoms with E-state index in [1.54, 1.807) is 6.20 Å². The van der Waals surface area contributed by atoms with Gasteiger partial charge in [-0.05, 0) is 18.0 Å². The fourth-order valence-electron chi connectivity index (χ4n) is 0.730. The third-order valence-corrected chi connectivity index (χ3v) is 2.11. The van der Waals surface area contributed by atoms with Crippen LogP contribution in [-0.2, 0) is 0 Å². The number of nitrogens with one attached hydrogen (secondary N) is 1. The zero-order valence-electron chi connectivity index (χ0n) is 5.74. The van der Waals surface area contributed by atoms with Crippen LogP contribution in [0.3, 0.4) is 0 Å². The average Bonchev–Trinajstić information content (AvgIpc) is 2.43. The lowest BCUT2D eigenvalue weighted by molar-refractivity contribution is 0.546. The Balaban J connectivity index is 2.64. The number of hydrogen-bond acceptors (Lipinski definition) is 5. The second-order valence-electron chi connectivity index (χ2n) is 1.95. The van der Waals surface area contributed by atoms with Gasteiger partial charge in [0.25, 0.3) is 0 Å². The minimum absolute atomic E-state index is 0.208. The van der Waals surface area contributed by atoms with E-state index in [0.29, 0.717) is 0 Å². The Labute approximate surface area is 63.6 Å². The zero-order valence-corrected chi connectivity index (χ0v) is 6.56. The average molecular weight is 158 g/mol. The van der Waals surface area contributed by atoms with Crippen LogP contribution in [0.5, 0.6) is 0 Å². The second kappa shape index (κ2) is 3.60. The SMILES string of the molecule is CCC(NN)c1cnns1. The van der Waals surface area contributed by atoms with Crippen LogP contribution in [0.2, 0.25) is 0 Å². The minimum Gasteiger partial charge on any atom is -0.271 e. The molecule has 10 heavy (non-hydrogen) atoms. The fourth-order valence-corrected chi connectivity index (χ4v) is 1.37. The van der Waals surface area contributed by atoms with E-state index < -0.39 is 0 Å². The zero-order chi connectivity index (χ0) is 7.40. The smallest absolute Gasteiger partial charge is 0.0669 e. The van der Waals surface area contributed by atoms with Gasteiger partial charge >= 0.3 is 0 Å². The molecule has 3 N–H and O–H groups in total. The molecule has 0 aliphatic rings. The Bertz CT molecular complexity index is 170. The van der Waals surface area contributed by atoms with E-state index in [1.807, 2.05) is 0 Å². The lowest BCUT2D eigenvalue weighted by Gasteiger charge is -2.08. The van der Waals surface area contributed by atoms with Gasteiger partial charge in [0.1, 0.15) is 0 Å². The topological polar surface area (TPSA) is 63.8 Å². The summed E-state index contributed by atoms with van der Waals surface area (Å²) >= 11 is 1.38. The number of nitrogens with two attached hydrogens (primary N) is 1. The van der Waals surface area contributed by atoms with Crippen molar-refractivity contribution in [1.82, 2.24) is 15.0 Å². The molecule has 1 aromatic heterocycles. The molecule has 1 aromatic rings. The molecule has 0 amide bonds. The van der Waals surface area contributed by atoms with Crippen LogP contribution in [0, 0.1) is 0 Å². The molecule has 0 fully saturated rings. The molecule has 0 radical (unpaired) electrons. The summed E-state index contributed by atoms with van der Waals surface area (Å²) in [6.45, 7) is 2.06. The predicted octanol–water partition coefficient (Wildman–Crippen LogP) is 0.453. The maximum atomic E-state index is 5.28.